The fourth-order valence-electron chi connectivity index (χ4n) is 1.99. The van der Waals surface area contributed by atoms with Crippen LogP contribution in [0.3, 0.4) is 0 Å². The number of amides is 1. The highest BCUT2D eigenvalue weighted by atomic mass is 16.6. The van der Waals surface area contributed by atoms with Gasteiger partial charge in [-0.05, 0) is 27.2 Å². The van der Waals surface area contributed by atoms with E-state index in [1.807, 2.05) is 20.8 Å². The van der Waals surface area contributed by atoms with Gasteiger partial charge in [0.25, 0.3) is 0 Å². The summed E-state index contributed by atoms with van der Waals surface area (Å²) in [4.78, 5) is 25.2. The molecule has 0 aromatic carbocycles. The van der Waals surface area contributed by atoms with Crippen LogP contribution in [0.2, 0.25) is 0 Å². The summed E-state index contributed by atoms with van der Waals surface area (Å²) in [6.07, 6.45) is 0.323. The fraction of sp³-hybridized carbons (Fsp3) is 0.615. The third-order valence-electron chi connectivity index (χ3n) is 2.80. The van der Waals surface area contributed by atoms with E-state index in [0.29, 0.717) is 18.9 Å². The number of methoxy groups -OCH3 is 1. The minimum absolute atomic E-state index is 0.193. The Morgan fingerprint density at radius 3 is 2.60 bits per heavy atom. The Bertz CT molecular complexity index is 530. The minimum atomic E-state index is -0.565. The van der Waals surface area contributed by atoms with E-state index < -0.39 is 17.7 Å². The van der Waals surface area contributed by atoms with Crippen molar-refractivity contribution in [1.82, 2.24) is 9.78 Å². The standard InChI is InChI=1S/C13H19N3O4/c1-13(2,3)20-12(18)15-6-5-7-16-10(15)8-9(14-16)11(17)19-4/h8H,5-7H2,1-4H3. The van der Waals surface area contributed by atoms with Crippen LogP contribution in [0.1, 0.15) is 37.7 Å². The second kappa shape index (κ2) is 5.15. The van der Waals surface area contributed by atoms with Crippen LogP contribution >= 0.6 is 0 Å². The molecule has 0 atom stereocenters. The molecule has 20 heavy (non-hydrogen) atoms. The van der Waals surface area contributed by atoms with E-state index >= 15 is 0 Å². The van der Waals surface area contributed by atoms with Crippen molar-refractivity contribution in [2.45, 2.75) is 39.3 Å². The first-order chi connectivity index (χ1) is 9.31. The first kappa shape index (κ1) is 14.4. The molecule has 0 saturated heterocycles. The molecule has 0 aliphatic carbocycles. The second-order valence-corrected chi connectivity index (χ2v) is 5.59. The number of carbonyl (C=O) groups excluding carboxylic acids is 2. The lowest BCUT2D eigenvalue weighted by molar-refractivity contribution is 0.0569. The monoisotopic (exact) mass is 281 g/mol. The Morgan fingerprint density at radius 2 is 2.00 bits per heavy atom. The van der Waals surface area contributed by atoms with E-state index in [0.717, 1.165) is 6.42 Å². The summed E-state index contributed by atoms with van der Waals surface area (Å²) < 4.78 is 11.6. The molecule has 0 spiro atoms. The van der Waals surface area contributed by atoms with Gasteiger partial charge in [0.15, 0.2) is 5.69 Å². The fourth-order valence-corrected chi connectivity index (χ4v) is 1.99. The van der Waals surface area contributed by atoms with E-state index in [9.17, 15) is 9.59 Å². The zero-order valence-corrected chi connectivity index (χ0v) is 12.2. The van der Waals surface area contributed by atoms with Crippen LogP contribution in [0.25, 0.3) is 0 Å². The summed E-state index contributed by atoms with van der Waals surface area (Å²) in [5, 5.41) is 4.14. The van der Waals surface area contributed by atoms with Gasteiger partial charge in [-0.2, -0.15) is 5.10 Å². The molecule has 2 rings (SSSR count). The van der Waals surface area contributed by atoms with Crippen molar-refractivity contribution in [3.05, 3.63) is 11.8 Å². The molecule has 1 aliphatic rings. The van der Waals surface area contributed by atoms with Crippen LogP contribution in [0.15, 0.2) is 6.07 Å². The van der Waals surface area contributed by atoms with Crippen LogP contribution < -0.4 is 4.90 Å². The average Bonchev–Trinajstić information content (AvgIpc) is 2.79. The molecule has 110 valence electrons. The topological polar surface area (TPSA) is 73.7 Å². The van der Waals surface area contributed by atoms with Gasteiger partial charge in [-0.25, -0.2) is 14.3 Å². The molecule has 0 radical (unpaired) electrons. The predicted octanol–water partition coefficient (Wildman–Crippen LogP) is 1.81. The molecule has 2 heterocycles. The van der Waals surface area contributed by atoms with Crippen LogP contribution in [0.4, 0.5) is 10.6 Å². The van der Waals surface area contributed by atoms with Gasteiger partial charge < -0.3 is 9.47 Å². The third kappa shape index (κ3) is 2.92. The predicted molar refractivity (Wildman–Crippen MR) is 71.8 cm³/mol. The van der Waals surface area contributed by atoms with Gasteiger partial charge in [0.2, 0.25) is 0 Å². The maximum atomic E-state index is 12.2. The SMILES string of the molecule is COC(=O)c1cc2n(n1)CCCN2C(=O)OC(C)(C)C. The van der Waals surface area contributed by atoms with E-state index in [2.05, 4.69) is 9.84 Å². The molecule has 0 N–H and O–H groups in total. The Hall–Kier alpha value is -2.05. The number of rotatable bonds is 1. The quantitative estimate of drug-likeness (QED) is 0.734. The van der Waals surface area contributed by atoms with Gasteiger partial charge in [0.05, 0.1) is 7.11 Å². The molecule has 0 fully saturated rings. The van der Waals surface area contributed by atoms with Gasteiger partial charge in [-0.15, -0.1) is 0 Å². The van der Waals surface area contributed by atoms with E-state index in [1.54, 1.807) is 10.7 Å². The van der Waals surface area contributed by atoms with Crippen molar-refractivity contribution in [2.24, 2.45) is 0 Å². The lowest BCUT2D eigenvalue weighted by Crippen LogP contribution is -2.41. The summed E-state index contributed by atoms with van der Waals surface area (Å²) in [5.41, 5.74) is -0.372. The smallest absolute Gasteiger partial charge is 0.415 e. The van der Waals surface area contributed by atoms with Crippen molar-refractivity contribution in [2.75, 3.05) is 18.6 Å². The lowest BCUT2D eigenvalue weighted by atomic mass is 10.2. The first-order valence-corrected chi connectivity index (χ1v) is 6.48. The molecule has 1 aromatic rings. The molecule has 7 heteroatoms. The number of carbonyl (C=O) groups is 2. The van der Waals surface area contributed by atoms with Gasteiger partial charge in [-0.1, -0.05) is 0 Å². The highest BCUT2D eigenvalue weighted by Crippen LogP contribution is 2.24. The van der Waals surface area contributed by atoms with Crippen molar-refractivity contribution >= 4 is 17.9 Å². The molecule has 7 nitrogen and oxygen atoms in total. The maximum Gasteiger partial charge on any atom is 0.415 e. The number of nitrogens with zero attached hydrogens (tertiary/aromatic N) is 3. The van der Waals surface area contributed by atoms with Gasteiger partial charge in [-0.3, -0.25) is 4.90 Å². The van der Waals surface area contributed by atoms with Crippen LogP contribution in [-0.4, -0.2) is 41.1 Å². The molecule has 0 bridgehead atoms. The number of hydrogen-bond acceptors (Lipinski definition) is 5. The Morgan fingerprint density at radius 1 is 1.30 bits per heavy atom. The Balaban J connectivity index is 2.26. The molecular formula is C13H19N3O4. The van der Waals surface area contributed by atoms with Gasteiger partial charge >= 0.3 is 12.1 Å². The minimum Gasteiger partial charge on any atom is -0.464 e. The van der Waals surface area contributed by atoms with Gasteiger partial charge in [0.1, 0.15) is 11.4 Å². The molecule has 0 saturated carbocycles. The van der Waals surface area contributed by atoms with E-state index in [1.165, 1.54) is 12.0 Å². The van der Waals surface area contributed by atoms with Crippen molar-refractivity contribution in [1.29, 1.82) is 0 Å². The second-order valence-electron chi connectivity index (χ2n) is 5.59. The zero-order valence-electron chi connectivity index (χ0n) is 12.2. The largest absolute Gasteiger partial charge is 0.464 e. The average molecular weight is 281 g/mol. The summed E-state index contributed by atoms with van der Waals surface area (Å²) in [6.45, 7) is 6.64. The Kier molecular flexibility index (Phi) is 3.69. The molecule has 0 unspecified atom stereocenters. The number of aromatic nitrogens is 2. The van der Waals surface area contributed by atoms with Crippen molar-refractivity contribution < 1.29 is 19.1 Å². The highest BCUT2D eigenvalue weighted by Gasteiger charge is 2.29. The summed E-state index contributed by atoms with van der Waals surface area (Å²) >= 11 is 0. The first-order valence-electron chi connectivity index (χ1n) is 6.48. The van der Waals surface area contributed by atoms with Crippen molar-refractivity contribution in [3.63, 3.8) is 0 Å². The molecule has 1 aliphatic heterocycles. The number of hydrogen-bond donors (Lipinski definition) is 0. The molecular weight excluding hydrogens is 262 g/mol. The maximum absolute atomic E-state index is 12.2. The molecule has 1 amide bonds. The number of fused-ring (bicyclic) bond motifs is 1. The number of aryl methyl sites for hydroxylation is 1. The highest BCUT2D eigenvalue weighted by molar-refractivity contribution is 5.91. The normalized spacial score (nSPS) is 14.7. The van der Waals surface area contributed by atoms with E-state index in [-0.39, 0.29) is 5.69 Å². The molecule has 1 aromatic heterocycles. The third-order valence-corrected chi connectivity index (χ3v) is 2.80. The van der Waals surface area contributed by atoms with Crippen molar-refractivity contribution in [3.8, 4) is 0 Å². The van der Waals surface area contributed by atoms with Gasteiger partial charge in [0, 0.05) is 19.2 Å². The summed E-state index contributed by atoms with van der Waals surface area (Å²) in [6, 6.07) is 1.55. The van der Waals surface area contributed by atoms with Crippen LogP contribution in [0.5, 0.6) is 0 Å². The lowest BCUT2D eigenvalue weighted by Gasteiger charge is -2.30. The number of ether oxygens (including phenoxy) is 2. The summed E-state index contributed by atoms with van der Waals surface area (Å²) in [7, 11) is 1.30. The van der Waals surface area contributed by atoms with Crippen LogP contribution in [0, 0.1) is 0 Å². The number of esters is 1. The zero-order chi connectivity index (χ0) is 14.9. The van der Waals surface area contributed by atoms with E-state index in [4.69, 9.17) is 4.74 Å². The number of anilines is 1. The summed E-state index contributed by atoms with van der Waals surface area (Å²) in [5.74, 6) is 0.0435. The Labute approximate surface area is 117 Å². The van der Waals surface area contributed by atoms with Crippen LogP contribution in [-0.2, 0) is 16.0 Å².